The normalized spacial score (nSPS) is 16.5. The van der Waals surface area contributed by atoms with E-state index in [1.807, 2.05) is 30.3 Å². The molecule has 4 rings (SSSR count). The molecular formula is C18H12BrN3O2. The van der Waals surface area contributed by atoms with Crippen molar-refractivity contribution < 1.29 is 9.90 Å². The summed E-state index contributed by atoms with van der Waals surface area (Å²) in [7, 11) is 0. The highest BCUT2D eigenvalue weighted by Crippen LogP contribution is 2.35. The number of anilines is 1. The van der Waals surface area contributed by atoms with Gasteiger partial charge >= 0.3 is 0 Å². The topological polar surface area (TPSA) is 74.6 Å². The van der Waals surface area contributed by atoms with E-state index in [0.29, 0.717) is 11.5 Å². The molecule has 1 atom stereocenters. The van der Waals surface area contributed by atoms with Gasteiger partial charge in [0.15, 0.2) is 0 Å². The van der Waals surface area contributed by atoms with Crippen LogP contribution >= 0.6 is 15.9 Å². The Balaban J connectivity index is 1.76. The standard InChI is InChI=1S/C18H12BrN3O2/c19-10-7-13-14(18(24)22-17(13)21-8-10)9-20-15-5-6-16(23)12-4-2-1-3-11(12)15/h1-9,14,23H,(H,21,22,24). The van der Waals surface area contributed by atoms with Crippen LogP contribution in [-0.2, 0) is 4.79 Å². The highest BCUT2D eigenvalue weighted by atomic mass is 79.9. The molecular weight excluding hydrogens is 370 g/mol. The first-order chi connectivity index (χ1) is 11.6. The van der Waals surface area contributed by atoms with Crippen molar-refractivity contribution in [3.8, 4) is 5.75 Å². The zero-order valence-electron chi connectivity index (χ0n) is 12.4. The Morgan fingerprint density at radius 1 is 1.21 bits per heavy atom. The molecule has 6 heteroatoms. The lowest BCUT2D eigenvalue weighted by Crippen LogP contribution is -2.12. The Morgan fingerprint density at radius 3 is 2.83 bits per heavy atom. The van der Waals surface area contributed by atoms with Crippen molar-refractivity contribution >= 4 is 50.3 Å². The molecule has 24 heavy (non-hydrogen) atoms. The first kappa shape index (κ1) is 14.8. The minimum Gasteiger partial charge on any atom is -0.507 e. The van der Waals surface area contributed by atoms with Gasteiger partial charge in [-0.3, -0.25) is 9.79 Å². The number of nitrogens with one attached hydrogen (secondary N) is 1. The maximum atomic E-state index is 12.2. The molecule has 1 amide bonds. The van der Waals surface area contributed by atoms with Crippen LogP contribution < -0.4 is 5.32 Å². The van der Waals surface area contributed by atoms with E-state index in [1.165, 1.54) is 0 Å². The Labute approximate surface area is 146 Å². The number of aromatic hydroxyl groups is 1. The Kier molecular flexibility index (Phi) is 3.54. The third-order valence-corrected chi connectivity index (χ3v) is 4.42. The summed E-state index contributed by atoms with van der Waals surface area (Å²) in [4.78, 5) is 20.9. The number of carbonyl (C=O) groups is 1. The summed E-state index contributed by atoms with van der Waals surface area (Å²) in [5.74, 6) is 0.136. The van der Waals surface area contributed by atoms with E-state index in [1.54, 1.807) is 24.5 Å². The smallest absolute Gasteiger partial charge is 0.238 e. The molecule has 0 aliphatic carbocycles. The molecule has 1 unspecified atom stereocenters. The van der Waals surface area contributed by atoms with Gasteiger partial charge in [-0.1, -0.05) is 24.3 Å². The van der Waals surface area contributed by atoms with Crippen LogP contribution in [0.25, 0.3) is 10.8 Å². The number of rotatable bonds is 2. The largest absolute Gasteiger partial charge is 0.507 e. The van der Waals surface area contributed by atoms with Gasteiger partial charge in [0.25, 0.3) is 0 Å². The van der Waals surface area contributed by atoms with Gasteiger partial charge in [-0.15, -0.1) is 0 Å². The Bertz CT molecular complexity index is 1000. The highest BCUT2D eigenvalue weighted by molar-refractivity contribution is 9.10. The van der Waals surface area contributed by atoms with E-state index in [-0.39, 0.29) is 11.7 Å². The Morgan fingerprint density at radius 2 is 2.00 bits per heavy atom. The predicted molar refractivity (Wildman–Crippen MR) is 97.1 cm³/mol. The lowest BCUT2D eigenvalue weighted by Gasteiger charge is -2.05. The molecule has 0 spiro atoms. The van der Waals surface area contributed by atoms with Crippen molar-refractivity contribution in [2.24, 2.45) is 4.99 Å². The van der Waals surface area contributed by atoms with Crippen LogP contribution in [0, 0.1) is 0 Å². The van der Waals surface area contributed by atoms with Crippen molar-refractivity contribution in [3.63, 3.8) is 0 Å². The predicted octanol–water partition coefficient (Wildman–Crippen LogP) is 4.14. The number of carbonyl (C=O) groups excluding carboxylic acids is 1. The summed E-state index contributed by atoms with van der Waals surface area (Å²) in [6.45, 7) is 0. The maximum absolute atomic E-state index is 12.2. The summed E-state index contributed by atoms with van der Waals surface area (Å²) in [5, 5.41) is 14.3. The van der Waals surface area contributed by atoms with Crippen molar-refractivity contribution in [2.45, 2.75) is 5.92 Å². The van der Waals surface area contributed by atoms with Gasteiger partial charge in [-0.25, -0.2) is 4.98 Å². The maximum Gasteiger partial charge on any atom is 0.238 e. The molecule has 2 aromatic carbocycles. The monoisotopic (exact) mass is 381 g/mol. The molecule has 0 saturated heterocycles. The van der Waals surface area contributed by atoms with Gasteiger partial charge in [0, 0.05) is 33.2 Å². The number of pyridine rings is 1. The van der Waals surface area contributed by atoms with Crippen molar-refractivity contribution in [3.05, 3.63) is 58.7 Å². The Hall–Kier alpha value is -2.73. The molecule has 0 saturated carbocycles. The van der Waals surface area contributed by atoms with Crippen LogP contribution in [0.2, 0.25) is 0 Å². The molecule has 2 N–H and O–H groups in total. The number of aromatic nitrogens is 1. The minimum absolute atomic E-state index is 0.151. The van der Waals surface area contributed by atoms with Crippen molar-refractivity contribution in [1.29, 1.82) is 0 Å². The summed E-state index contributed by atoms with van der Waals surface area (Å²) < 4.78 is 0.811. The number of hydrogen-bond acceptors (Lipinski definition) is 4. The van der Waals surface area contributed by atoms with E-state index in [4.69, 9.17) is 0 Å². The van der Waals surface area contributed by atoms with E-state index < -0.39 is 5.92 Å². The number of aliphatic imine (C=N–C) groups is 1. The average Bonchev–Trinajstić information content (AvgIpc) is 2.89. The minimum atomic E-state index is -0.488. The number of phenols is 1. The lowest BCUT2D eigenvalue weighted by molar-refractivity contribution is -0.115. The second-order valence-corrected chi connectivity index (χ2v) is 6.40. The van der Waals surface area contributed by atoms with E-state index in [9.17, 15) is 9.90 Å². The fourth-order valence-corrected chi connectivity index (χ4v) is 3.16. The average molecular weight is 382 g/mol. The van der Waals surface area contributed by atoms with Crippen LogP contribution in [0.1, 0.15) is 11.5 Å². The van der Waals surface area contributed by atoms with Gasteiger partial charge in [-0.2, -0.15) is 0 Å². The zero-order valence-corrected chi connectivity index (χ0v) is 14.0. The molecule has 0 bridgehead atoms. The van der Waals surface area contributed by atoms with Gasteiger partial charge in [-0.05, 0) is 34.1 Å². The van der Waals surface area contributed by atoms with Crippen LogP contribution in [0.4, 0.5) is 11.5 Å². The van der Waals surface area contributed by atoms with Gasteiger partial charge in [0.05, 0.1) is 5.69 Å². The summed E-state index contributed by atoms with van der Waals surface area (Å²) in [6.07, 6.45) is 3.26. The van der Waals surface area contributed by atoms with Crippen LogP contribution in [0.15, 0.2) is 58.1 Å². The highest BCUT2D eigenvalue weighted by Gasteiger charge is 2.30. The van der Waals surface area contributed by atoms with E-state index >= 15 is 0 Å². The number of benzene rings is 2. The van der Waals surface area contributed by atoms with Gasteiger partial charge in [0.2, 0.25) is 5.91 Å². The molecule has 1 aliphatic rings. The fourth-order valence-electron chi connectivity index (χ4n) is 2.81. The molecule has 3 aromatic rings. The van der Waals surface area contributed by atoms with Crippen molar-refractivity contribution in [2.75, 3.05) is 5.32 Å². The number of hydrogen-bond donors (Lipinski definition) is 2. The quantitative estimate of drug-likeness (QED) is 0.655. The zero-order chi connectivity index (χ0) is 16.7. The number of phenolic OH excluding ortho intramolecular Hbond substituents is 1. The summed E-state index contributed by atoms with van der Waals surface area (Å²) >= 11 is 3.37. The van der Waals surface area contributed by atoms with Gasteiger partial charge < -0.3 is 10.4 Å². The number of nitrogens with zero attached hydrogens (tertiary/aromatic N) is 2. The molecule has 1 aliphatic heterocycles. The van der Waals surface area contributed by atoms with Crippen LogP contribution in [-0.4, -0.2) is 22.2 Å². The first-order valence-electron chi connectivity index (χ1n) is 7.35. The number of halogens is 1. The van der Waals surface area contributed by atoms with Crippen LogP contribution in [0.5, 0.6) is 5.75 Å². The molecule has 1 aromatic heterocycles. The molecule has 0 fully saturated rings. The summed E-state index contributed by atoms with van der Waals surface area (Å²) in [6, 6.07) is 12.7. The number of fused-ring (bicyclic) bond motifs is 2. The fraction of sp³-hybridized carbons (Fsp3) is 0.0556. The number of amides is 1. The summed E-state index contributed by atoms with van der Waals surface area (Å²) in [5.41, 5.74) is 1.49. The first-order valence-corrected chi connectivity index (χ1v) is 8.14. The van der Waals surface area contributed by atoms with Crippen molar-refractivity contribution in [1.82, 2.24) is 4.98 Å². The molecule has 5 nitrogen and oxygen atoms in total. The third-order valence-electron chi connectivity index (χ3n) is 3.98. The van der Waals surface area contributed by atoms with Crippen LogP contribution in [0.3, 0.4) is 0 Å². The second kappa shape index (κ2) is 5.72. The molecule has 118 valence electrons. The molecule has 2 heterocycles. The van der Waals surface area contributed by atoms with E-state index in [2.05, 4.69) is 31.2 Å². The molecule has 0 radical (unpaired) electrons. The third kappa shape index (κ3) is 2.45. The lowest BCUT2D eigenvalue weighted by atomic mass is 10.0. The van der Waals surface area contributed by atoms with E-state index in [0.717, 1.165) is 20.8 Å². The second-order valence-electron chi connectivity index (χ2n) is 5.49. The SMILES string of the molecule is O=C1Nc2ncc(Br)cc2C1C=Nc1ccc(O)c2ccccc12. The van der Waals surface area contributed by atoms with Gasteiger partial charge in [0.1, 0.15) is 17.5 Å².